The Kier molecular flexibility index (Phi) is 22.8. The molecule has 13 rings (SSSR count). The van der Waals surface area contributed by atoms with Crippen molar-refractivity contribution in [2.24, 2.45) is 28.2 Å². The fraction of sp³-hybridized carbons (Fsp3) is 0.269. The first-order valence-corrected chi connectivity index (χ1v) is 35.2. The van der Waals surface area contributed by atoms with E-state index in [1.54, 1.807) is 0 Å². The van der Waals surface area contributed by atoms with Crippen molar-refractivity contribution in [3.8, 4) is 89.5 Å². The molecule has 0 radical (unpaired) electrons. The number of hydrogen-bond acceptors (Lipinski definition) is 0. The average molecular weight is 1280 g/mol. The Labute approximate surface area is 582 Å². The van der Waals surface area contributed by atoms with Crippen molar-refractivity contribution in [3.05, 3.63) is 309 Å². The van der Waals surface area contributed by atoms with Gasteiger partial charge in [0.1, 0.15) is 28.2 Å². The molecular weight excluding hydrogens is 1170 g/mol. The number of hydrogen-bond donors (Lipinski definition) is 0. The van der Waals surface area contributed by atoms with Crippen molar-refractivity contribution >= 4 is 0 Å². The highest BCUT2D eigenvalue weighted by molar-refractivity contribution is 5.78. The molecule has 4 heterocycles. The lowest BCUT2D eigenvalue weighted by Crippen LogP contribution is -2.32. The number of benzene rings is 8. The summed E-state index contributed by atoms with van der Waals surface area (Å²) in [6.45, 7) is 30.7. The van der Waals surface area contributed by atoms with E-state index in [1.807, 2.05) is 0 Å². The van der Waals surface area contributed by atoms with Gasteiger partial charge < -0.3 is 0 Å². The molecule has 0 amide bonds. The molecule has 0 spiro atoms. The van der Waals surface area contributed by atoms with Gasteiger partial charge in [-0.25, -0.2) is 18.3 Å². The first-order valence-electron chi connectivity index (χ1n) is 35.2. The van der Waals surface area contributed by atoms with Gasteiger partial charge in [-0.2, -0.15) is 0 Å². The van der Waals surface area contributed by atoms with Gasteiger partial charge in [-0.3, -0.25) is 0 Å². The van der Waals surface area contributed by atoms with E-state index in [1.165, 1.54) is 200 Å². The van der Waals surface area contributed by atoms with Crippen LogP contribution in [0.5, 0.6) is 0 Å². The van der Waals surface area contributed by atoms with E-state index in [0.29, 0.717) is 5.92 Å². The van der Waals surface area contributed by atoms with Crippen molar-refractivity contribution in [1.82, 2.24) is 0 Å². The van der Waals surface area contributed by atoms with Crippen molar-refractivity contribution in [1.29, 1.82) is 0 Å². The number of rotatable bonds is 10. The molecule has 8 aromatic carbocycles. The highest BCUT2D eigenvalue weighted by Gasteiger charge is 2.23. The molecule has 0 N–H and O–H groups in total. The third-order valence-electron chi connectivity index (χ3n) is 20.3. The summed E-state index contributed by atoms with van der Waals surface area (Å²) in [5.74, 6) is 1.26. The van der Waals surface area contributed by atoms with Gasteiger partial charge in [0.25, 0.3) is 0 Å². The smallest absolute Gasteiger partial charge is 0.201 e. The first-order chi connectivity index (χ1) is 46.5. The van der Waals surface area contributed by atoms with Gasteiger partial charge in [0, 0.05) is 69.3 Å². The third-order valence-corrected chi connectivity index (χ3v) is 20.3. The van der Waals surface area contributed by atoms with Crippen LogP contribution in [0, 0.1) is 83.1 Å². The maximum Gasteiger partial charge on any atom is 0.212 e. The molecule has 1 saturated carbocycles. The standard InChI is InChI=1S/C26H30N.C24H28N.C22H24N.C21H22N/c1-19-9-7-8-12-24(19)23-14-13-20(2)25(17-23)26-18-22(15-16-27(26)3)21-10-5-4-6-11-21;1-16(2)22-14-24(25(6)15-19(22)5)23-13-20(12-11-18(23)4)21-10-8-7-9-17(21)3;1-15-8-6-7-9-20(15)19-11-10-16(2)21(13-19)22-12-17(3)18(4)14-23(22)5;1-15-9-12-21(22(4)14-15)20-13-18(11-10-17(20)3)19-8-6-5-7-16(19)2/h7-9,12-18,21H,4-6,10-11H2,1-3H3;7-16H,1-6H3;6-14H,1-5H3;5-14H,1-4H3/q4*+1. The second-order valence-electron chi connectivity index (χ2n) is 28.1. The molecule has 4 nitrogen and oxygen atoms in total. The van der Waals surface area contributed by atoms with E-state index in [2.05, 4.69) is 374 Å². The predicted molar refractivity (Wildman–Crippen MR) is 411 cm³/mol. The quantitative estimate of drug-likeness (QED) is 0.121. The van der Waals surface area contributed by atoms with Crippen LogP contribution >= 0.6 is 0 Å². The largest absolute Gasteiger partial charge is 0.212 e. The Morgan fingerprint density at radius 2 is 0.629 bits per heavy atom. The zero-order chi connectivity index (χ0) is 69.2. The Balaban J connectivity index is 0.000000141. The van der Waals surface area contributed by atoms with Crippen LogP contribution in [0.15, 0.2) is 231 Å². The van der Waals surface area contributed by atoms with Gasteiger partial charge >= 0.3 is 0 Å². The highest BCUT2D eigenvalue weighted by Crippen LogP contribution is 2.38. The van der Waals surface area contributed by atoms with Crippen molar-refractivity contribution in [2.75, 3.05) is 0 Å². The normalized spacial score (nSPS) is 12.1. The molecule has 0 atom stereocenters. The van der Waals surface area contributed by atoms with Gasteiger partial charge in [-0.05, 0) is 244 Å². The Bertz CT molecular complexity index is 4780. The molecule has 0 bridgehead atoms. The van der Waals surface area contributed by atoms with Gasteiger partial charge in [-0.15, -0.1) is 0 Å². The summed E-state index contributed by atoms with van der Waals surface area (Å²) in [6, 6.07) is 75.4. The Morgan fingerprint density at radius 1 is 0.278 bits per heavy atom. The molecule has 97 heavy (non-hydrogen) atoms. The maximum absolute atomic E-state index is 2.44. The second kappa shape index (κ2) is 31.5. The van der Waals surface area contributed by atoms with Crippen molar-refractivity contribution in [2.45, 2.75) is 141 Å². The minimum atomic E-state index is 0.528. The van der Waals surface area contributed by atoms with Gasteiger partial charge in [-0.1, -0.05) is 179 Å². The highest BCUT2D eigenvalue weighted by atomic mass is 14.9. The van der Waals surface area contributed by atoms with Crippen LogP contribution in [0.4, 0.5) is 0 Å². The molecule has 4 heteroatoms. The first kappa shape index (κ1) is 70.2. The van der Waals surface area contributed by atoms with Gasteiger partial charge in [0.05, 0.1) is 0 Å². The molecule has 4 aromatic heterocycles. The lowest BCUT2D eigenvalue weighted by molar-refractivity contribution is -0.660. The molecule has 0 unspecified atom stereocenters. The number of nitrogens with zero attached hydrogens (tertiary/aromatic N) is 4. The van der Waals surface area contributed by atoms with E-state index in [9.17, 15) is 0 Å². The summed E-state index contributed by atoms with van der Waals surface area (Å²) in [5, 5.41) is 0. The lowest BCUT2D eigenvalue weighted by atomic mass is 9.84. The topological polar surface area (TPSA) is 15.5 Å². The number of pyridine rings is 4. The van der Waals surface area contributed by atoms with Crippen LogP contribution in [0.25, 0.3) is 89.5 Å². The second-order valence-corrected chi connectivity index (χ2v) is 28.1. The van der Waals surface area contributed by atoms with Crippen LogP contribution in [0.2, 0.25) is 0 Å². The van der Waals surface area contributed by atoms with Gasteiger partial charge in [0.2, 0.25) is 22.8 Å². The predicted octanol–water partition coefficient (Wildman–Crippen LogP) is 22.3. The van der Waals surface area contributed by atoms with E-state index in [-0.39, 0.29) is 0 Å². The van der Waals surface area contributed by atoms with Crippen LogP contribution in [0.1, 0.15) is 136 Å². The van der Waals surface area contributed by atoms with E-state index >= 15 is 0 Å². The lowest BCUT2D eigenvalue weighted by Gasteiger charge is -2.22. The molecule has 492 valence electrons. The summed E-state index contributed by atoms with van der Waals surface area (Å²) >= 11 is 0. The van der Waals surface area contributed by atoms with Gasteiger partial charge in [0.15, 0.2) is 24.8 Å². The molecule has 0 aliphatic heterocycles. The van der Waals surface area contributed by atoms with Crippen LogP contribution in [0.3, 0.4) is 0 Å². The summed E-state index contributed by atoms with van der Waals surface area (Å²) in [6.07, 6.45) is 15.7. The van der Waals surface area contributed by atoms with Crippen molar-refractivity contribution in [3.63, 3.8) is 0 Å². The summed E-state index contributed by atoms with van der Waals surface area (Å²) in [5.41, 5.74) is 39.5. The summed E-state index contributed by atoms with van der Waals surface area (Å²) in [7, 11) is 8.55. The minimum Gasteiger partial charge on any atom is -0.201 e. The average Bonchev–Trinajstić information content (AvgIpc) is 0.820. The maximum atomic E-state index is 2.44. The van der Waals surface area contributed by atoms with Crippen LogP contribution in [-0.4, -0.2) is 0 Å². The zero-order valence-corrected chi connectivity index (χ0v) is 61.4. The number of aromatic nitrogens is 4. The molecule has 1 fully saturated rings. The molecule has 12 aromatic rings. The molecule has 1 aliphatic carbocycles. The molecule has 1 aliphatic rings. The minimum absolute atomic E-state index is 0.528. The zero-order valence-electron chi connectivity index (χ0n) is 61.4. The fourth-order valence-electron chi connectivity index (χ4n) is 14.3. The van der Waals surface area contributed by atoms with Crippen LogP contribution in [-0.2, 0) is 28.2 Å². The Hall–Kier alpha value is -9.64. The van der Waals surface area contributed by atoms with Crippen molar-refractivity contribution < 1.29 is 18.3 Å². The van der Waals surface area contributed by atoms with E-state index in [4.69, 9.17) is 0 Å². The summed E-state index contributed by atoms with van der Waals surface area (Å²) < 4.78 is 8.97. The monoisotopic (exact) mass is 1280 g/mol. The molecule has 0 saturated heterocycles. The molecular formula is C93H104N4+4. The fourth-order valence-corrected chi connectivity index (χ4v) is 14.3. The van der Waals surface area contributed by atoms with E-state index in [0.717, 1.165) is 5.92 Å². The van der Waals surface area contributed by atoms with E-state index < -0.39 is 0 Å². The van der Waals surface area contributed by atoms with Crippen LogP contribution < -0.4 is 18.3 Å². The SMILES string of the molecule is Cc1cc(-c2cc(-c3ccccc3C)ccc2C)[n+](C)cc1C.Cc1ccc(-c2cc(-c3ccccc3C)ccc2C)[n+](C)c1.Cc1ccccc1-c1ccc(C)c(-c2cc(C(C)C)c(C)c[n+]2C)c1.Cc1ccccc1-c1ccc(C)c(-c2cc(C3CCCCC3)cc[n+]2C)c1. The third kappa shape index (κ3) is 16.6. The Morgan fingerprint density at radius 3 is 1.02 bits per heavy atom. The number of aryl methyl sites for hydroxylation is 16. The summed E-state index contributed by atoms with van der Waals surface area (Å²) in [4.78, 5) is 0.